The maximum atomic E-state index is 13.1. The summed E-state index contributed by atoms with van der Waals surface area (Å²) in [6.07, 6.45) is 8.81. The standard InChI is InChI=1S/C38H65NO7/c1-24(2)14-11-15-25(3)16-12-17-26(4)18-13-20-38(10)31(22-30-29(7)33(42)27(5)28(6)34(30)46-38)45-32(41)19-21-39-36(44)35(43)37(8,9)23-40/h24-26,31,35,40,42-43H,11-23H2,1-10H3,(H,39,44)/t25-,26+,31?,35-,38-/m0/s1. The number of hydrogen-bond acceptors (Lipinski definition) is 7. The molecule has 4 N–H and O–H groups in total. The lowest BCUT2D eigenvalue weighted by molar-refractivity contribution is -0.163. The number of benzene rings is 1. The van der Waals surface area contributed by atoms with Gasteiger partial charge in [-0.05, 0) is 75.0 Å². The van der Waals surface area contributed by atoms with Gasteiger partial charge >= 0.3 is 5.97 Å². The van der Waals surface area contributed by atoms with Gasteiger partial charge in [-0.2, -0.15) is 0 Å². The van der Waals surface area contributed by atoms with Gasteiger partial charge in [-0.3, -0.25) is 9.59 Å². The third-order valence-corrected chi connectivity index (χ3v) is 10.3. The lowest BCUT2D eigenvalue weighted by Crippen LogP contribution is -2.51. The summed E-state index contributed by atoms with van der Waals surface area (Å²) >= 11 is 0. The van der Waals surface area contributed by atoms with Crippen molar-refractivity contribution in [1.29, 1.82) is 0 Å². The van der Waals surface area contributed by atoms with Crippen molar-refractivity contribution in [3.8, 4) is 11.5 Å². The summed E-state index contributed by atoms with van der Waals surface area (Å²) in [5.41, 5.74) is 1.54. The summed E-state index contributed by atoms with van der Waals surface area (Å²) < 4.78 is 12.8. The van der Waals surface area contributed by atoms with Gasteiger partial charge in [0, 0.05) is 23.9 Å². The zero-order chi connectivity index (χ0) is 34.8. The molecule has 264 valence electrons. The van der Waals surface area contributed by atoms with Crippen LogP contribution < -0.4 is 10.1 Å². The molecule has 8 nitrogen and oxygen atoms in total. The van der Waals surface area contributed by atoms with E-state index in [-0.39, 0.29) is 25.3 Å². The van der Waals surface area contributed by atoms with Crippen LogP contribution in [0.4, 0.5) is 0 Å². The van der Waals surface area contributed by atoms with Crippen molar-refractivity contribution in [3.05, 3.63) is 22.3 Å². The molecule has 1 aromatic carbocycles. The molecule has 0 saturated carbocycles. The number of fused-ring (bicyclic) bond motifs is 1. The number of rotatable bonds is 19. The first-order valence-electron chi connectivity index (χ1n) is 17.7. The van der Waals surface area contributed by atoms with E-state index in [1.807, 2.05) is 27.7 Å². The highest BCUT2D eigenvalue weighted by Gasteiger charge is 2.45. The zero-order valence-corrected chi connectivity index (χ0v) is 30.6. The highest BCUT2D eigenvalue weighted by atomic mass is 16.6. The van der Waals surface area contributed by atoms with Gasteiger partial charge in [0.05, 0.1) is 13.0 Å². The molecule has 0 fully saturated rings. The fraction of sp³-hybridized carbons (Fsp3) is 0.789. The van der Waals surface area contributed by atoms with Crippen LogP contribution in [0.1, 0.15) is 135 Å². The first-order valence-corrected chi connectivity index (χ1v) is 17.7. The lowest BCUT2D eigenvalue weighted by Gasteiger charge is -2.43. The fourth-order valence-electron chi connectivity index (χ4n) is 6.45. The van der Waals surface area contributed by atoms with Crippen molar-refractivity contribution >= 4 is 11.9 Å². The summed E-state index contributed by atoms with van der Waals surface area (Å²) in [5, 5.41) is 33.0. The summed E-state index contributed by atoms with van der Waals surface area (Å²) in [4.78, 5) is 25.4. The molecule has 1 heterocycles. The third-order valence-electron chi connectivity index (χ3n) is 10.3. The number of carbonyl (C=O) groups excluding carboxylic acids is 2. The van der Waals surface area contributed by atoms with Gasteiger partial charge in [0.1, 0.15) is 29.3 Å². The summed E-state index contributed by atoms with van der Waals surface area (Å²) in [7, 11) is 0. The van der Waals surface area contributed by atoms with Crippen LogP contribution in [-0.2, 0) is 20.7 Å². The van der Waals surface area contributed by atoms with Gasteiger partial charge < -0.3 is 30.1 Å². The second kappa shape index (κ2) is 17.7. The Morgan fingerprint density at radius 1 is 0.957 bits per heavy atom. The number of esters is 1. The lowest BCUT2D eigenvalue weighted by atomic mass is 9.81. The Balaban J connectivity index is 2.04. The van der Waals surface area contributed by atoms with Crippen LogP contribution in [0.5, 0.6) is 11.5 Å². The normalized spacial score (nSPS) is 20.1. The van der Waals surface area contributed by atoms with Crippen LogP contribution in [0, 0.1) is 43.9 Å². The van der Waals surface area contributed by atoms with E-state index in [2.05, 4.69) is 33.0 Å². The van der Waals surface area contributed by atoms with Crippen molar-refractivity contribution in [1.82, 2.24) is 5.32 Å². The Kier molecular flexibility index (Phi) is 15.4. The molecular formula is C38H65NO7. The van der Waals surface area contributed by atoms with Gasteiger partial charge in [0.2, 0.25) is 5.91 Å². The smallest absolute Gasteiger partial charge is 0.308 e. The van der Waals surface area contributed by atoms with Crippen LogP contribution in [0.25, 0.3) is 0 Å². The second-order valence-corrected chi connectivity index (χ2v) is 15.6. The first kappa shape index (κ1) is 39.9. The van der Waals surface area contributed by atoms with Crippen molar-refractivity contribution in [2.45, 2.75) is 158 Å². The molecule has 5 atom stereocenters. The molecule has 0 radical (unpaired) electrons. The number of aliphatic hydroxyl groups excluding tert-OH is 2. The van der Waals surface area contributed by atoms with E-state index < -0.39 is 35.1 Å². The van der Waals surface area contributed by atoms with Crippen LogP contribution in [0.15, 0.2) is 0 Å². The molecule has 1 aliphatic heterocycles. The Morgan fingerprint density at radius 2 is 1.52 bits per heavy atom. The van der Waals surface area contributed by atoms with Gasteiger partial charge in [-0.25, -0.2) is 0 Å². The van der Waals surface area contributed by atoms with E-state index in [1.165, 1.54) is 38.5 Å². The predicted octanol–water partition coefficient (Wildman–Crippen LogP) is 7.25. The Hall–Kier alpha value is -2.32. The van der Waals surface area contributed by atoms with E-state index in [0.29, 0.717) is 12.3 Å². The topological polar surface area (TPSA) is 125 Å². The average Bonchev–Trinajstić information content (AvgIpc) is 2.99. The van der Waals surface area contributed by atoms with Crippen LogP contribution in [-0.4, -0.2) is 58.2 Å². The maximum absolute atomic E-state index is 13.1. The monoisotopic (exact) mass is 647 g/mol. The van der Waals surface area contributed by atoms with E-state index >= 15 is 0 Å². The van der Waals surface area contributed by atoms with E-state index in [9.17, 15) is 24.9 Å². The van der Waals surface area contributed by atoms with Crippen LogP contribution in [0.2, 0.25) is 0 Å². The third kappa shape index (κ3) is 11.1. The molecule has 46 heavy (non-hydrogen) atoms. The summed E-state index contributed by atoms with van der Waals surface area (Å²) in [6.45, 7) is 19.9. The Morgan fingerprint density at radius 3 is 2.09 bits per heavy atom. The molecule has 8 heteroatoms. The molecule has 0 spiro atoms. The highest BCUT2D eigenvalue weighted by molar-refractivity contribution is 5.82. The molecule has 1 aliphatic rings. The number of hydrogen-bond donors (Lipinski definition) is 4. The number of carbonyl (C=O) groups is 2. The molecule has 0 saturated heterocycles. The van der Waals surface area contributed by atoms with E-state index in [4.69, 9.17) is 9.47 Å². The minimum Gasteiger partial charge on any atom is -0.507 e. The molecule has 0 aliphatic carbocycles. The number of ether oxygens (including phenoxy) is 2. The molecule has 0 aromatic heterocycles. The second-order valence-electron chi connectivity index (χ2n) is 15.6. The van der Waals surface area contributed by atoms with Gasteiger partial charge in [0.25, 0.3) is 0 Å². The zero-order valence-electron chi connectivity index (χ0n) is 30.6. The average molecular weight is 648 g/mol. The van der Waals surface area contributed by atoms with Crippen LogP contribution in [0.3, 0.4) is 0 Å². The molecule has 1 aromatic rings. The minimum atomic E-state index is -1.40. The fourth-order valence-corrected chi connectivity index (χ4v) is 6.45. The number of aromatic hydroxyl groups is 1. The summed E-state index contributed by atoms with van der Waals surface area (Å²) in [5.74, 6) is 2.05. The van der Waals surface area contributed by atoms with Gasteiger partial charge in [-0.1, -0.05) is 86.5 Å². The Labute approximate surface area is 279 Å². The maximum Gasteiger partial charge on any atom is 0.308 e. The predicted molar refractivity (Wildman–Crippen MR) is 184 cm³/mol. The molecule has 0 bridgehead atoms. The van der Waals surface area contributed by atoms with Crippen molar-refractivity contribution < 1.29 is 34.4 Å². The number of nitrogens with one attached hydrogen (secondary N) is 1. The van der Waals surface area contributed by atoms with Crippen molar-refractivity contribution in [2.75, 3.05) is 13.2 Å². The van der Waals surface area contributed by atoms with Crippen LogP contribution >= 0.6 is 0 Å². The molecule has 1 amide bonds. The van der Waals surface area contributed by atoms with Crippen molar-refractivity contribution in [3.63, 3.8) is 0 Å². The minimum absolute atomic E-state index is 0.00307. The van der Waals surface area contributed by atoms with E-state index in [0.717, 1.165) is 59.1 Å². The van der Waals surface area contributed by atoms with Crippen molar-refractivity contribution in [2.24, 2.45) is 23.2 Å². The summed E-state index contributed by atoms with van der Waals surface area (Å²) in [6, 6.07) is 0. The molecular weight excluding hydrogens is 582 g/mol. The van der Waals surface area contributed by atoms with E-state index in [1.54, 1.807) is 13.8 Å². The molecule has 2 rings (SSSR count). The Bertz CT molecular complexity index is 1150. The number of amides is 1. The molecule has 1 unspecified atom stereocenters. The highest BCUT2D eigenvalue weighted by Crippen LogP contribution is 2.45. The van der Waals surface area contributed by atoms with Gasteiger partial charge in [-0.15, -0.1) is 0 Å². The van der Waals surface area contributed by atoms with Gasteiger partial charge in [0.15, 0.2) is 0 Å². The number of aliphatic hydroxyl groups is 2. The SMILES string of the molecule is Cc1c(C)c2c(c(C)c1O)CC(OC(=O)CCNC(=O)[C@H](O)C(C)(C)CO)[C@](C)(CCC[C@H](C)CCC[C@@H](C)CCCC(C)C)O2. The quantitative estimate of drug-likeness (QED) is 0.117. The first-order chi connectivity index (χ1) is 21.4. The number of phenols is 1. The number of phenolic OH excluding ortho intramolecular Hbond substituents is 1. The largest absolute Gasteiger partial charge is 0.507 e.